The largest absolute Gasteiger partial charge is 0.493 e. The number of benzene rings is 2. The van der Waals surface area contributed by atoms with Crippen LogP contribution in [0.2, 0.25) is 0 Å². The summed E-state index contributed by atoms with van der Waals surface area (Å²) < 4.78 is 25.1. The van der Waals surface area contributed by atoms with Crippen molar-refractivity contribution in [1.82, 2.24) is 14.5 Å². The number of rotatable bonds is 9. The lowest BCUT2D eigenvalue weighted by Crippen LogP contribution is -2.31. The number of hydrogen-bond acceptors (Lipinski definition) is 5. The van der Waals surface area contributed by atoms with Crippen LogP contribution in [0.4, 0.5) is 4.39 Å². The molecular weight excluding hydrogens is 413 g/mol. The molecule has 3 aromatic rings. The first kappa shape index (κ1) is 22.8. The molecule has 0 aliphatic rings. The third-order valence-corrected chi connectivity index (χ3v) is 5.04. The highest BCUT2D eigenvalue weighted by molar-refractivity contribution is 5.81. The van der Waals surface area contributed by atoms with Gasteiger partial charge in [0.15, 0.2) is 11.5 Å². The van der Waals surface area contributed by atoms with Crippen LogP contribution in [0.3, 0.4) is 0 Å². The molecule has 1 heterocycles. The van der Waals surface area contributed by atoms with Gasteiger partial charge in [-0.05, 0) is 30.2 Å². The fourth-order valence-electron chi connectivity index (χ4n) is 3.36. The van der Waals surface area contributed by atoms with E-state index in [2.05, 4.69) is 10.9 Å². The lowest BCUT2D eigenvalue weighted by Gasteiger charge is -2.20. The first-order valence-corrected chi connectivity index (χ1v) is 10.0. The Kier molecular flexibility index (Phi) is 7.45. The number of terminal acetylenes is 1. The second-order valence-corrected chi connectivity index (χ2v) is 7.15. The summed E-state index contributed by atoms with van der Waals surface area (Å²) in [7, 11) is 3.01. The average Bonchev–Trinajstić information content (AvgIpc) is 2.80. The maximum atomic E-state index is 13.1. The van der Waals surface area contributed by atoms with Gasteiger partial charge in [0.05, 0.1) is 38.0 Å². The van der Waals surface area contributed by atoms with Crippen molar-refractivity contribution in [1.29, 1.82) is 0 Å². The van der Waals surface area contributed by atoms with E-state index in [9.17, 15) is 14.0 Å². The summed E-state index contributed by atoms with van der Waals surface area (Å²) >= 11 is 0. The topological polar surface area (TPSA) is 73.7 Å². The number of hydrogen-bond donors (Lipinski definition) is 0. The molecule has 1 amide bonds. The second-order valence-electron chi connectivity index (χ2n) is 7.15. The van der Waals surface area contributed by atoms with E-state index >= 15 is 0 Å². The molecule has 8 heteroatoms. The molecule has 0 saturated heterocycles. The minimum Gasteiger partial charge on any atom is -0.493 e. The number of halogens is 1. The van der Waals surface area contributed by atoms with E-state index in [1.807, 2.05) is 0 Å². The highest BCUT2D eigenvalue weighted by atomic mass is 19.1. The smallest absolute Gasteiger partial charge is 0.261 e. The van der Waals surface area contributed by atoms with E-state index in [0.29, 0.717) is 41.9 Å². The predicted molar refractivity (Wildman–Crippen MR) is 119 cm³/mol. The third-order valence-electron chi connectivity index (χ3n) is 5.04. The van der Waals surface area contributed by atoms with E-state index in [4.69, 9.17) is 15.9 Å². The van der Waals surface area contributed by atoms with Gasteiger partial charge >= 0.3 is 0 Å². The highest BCUT2D eigenvalue weighted by Gasteiger charge is 2.14. The first-order chi connectivity index (χ1) is 15.5. The van der Waals surface area contributed by atoms with Gasteiger partial charge in [-0.2, -0.15) is 0 Å². The van der Waals surface area contributed by atoms with Gasteiger partial charge < -0.3 is 14.4 Å². The molecule has 32 heavy (non-hydrogen) atoms. The molecule has 0 aliphatic heterocycles. The van der Waals surface area contributed by atoms with Gasteiger partial charge in [-0.3, -0.25) is 14.2 Å². The Morgan fingerprint density at radius 1 is 1.19 bits per heavy atom. The predicted octanol–water partition coefficient (Wildman–Crippen LogP) is 3.00. The average molecular weight is 437 g/mol. The van der Waals surface area contributed by atoms with Crippen LogP contribution in [0.15, 0.2) is 47.5 Å². The van der Waals surface area contributed by atoms with Crippen molar-refractivity contribution in [2.75, 3.05) is 20.8 Å². The number of amides is 1. The number of methoxy groups -OCH3 is 2. The molecule has 0 spiro atoms. The van der Waals surface area contributed by atoms with Gasteiger partial charge in [-0.25, -0.2) is 9.37 Å². The van der Waals surface area contributed by atoms with Gasteiger partial charge in [0.25, 0.3) is 5.56 Å². The molecule has 0 fully saturated rings. The maximum absolute atomic E-state index is 13.1. The molecule has 1 aromatic heterocycles. The van der Waals surface area contributed by atoms with Gasteiger partial charge in [0.1, 0.15) is 5.82 Å². The van der Waals surface area contributed by atoms with Gasteiger partial charge in [0.2, 0.25) is 5.91 Å². The summed E-state index contributed by atoms with van der Waals surface area (Å²) in [5, 5.41) is 0.404. The molecule has 7 nitrogen and oxygen atoms in total. The number of carbonyl (C=O) groups is 1. The quantitative estimate of drug-likeness (QED) is 0.481. The standard InChI is InChI=1S/C24H24FN3O4/c1-4-11-27(15-17-7-9-18(25)10-8-17)23(29)6-5-12-28-16-26-20-14-22(32-3)21(31-2)13-19(20)24(28)30/h1,7-10,13-14,16H,5-6,11-12,15H2,2-3H3. The molecule has 0 N–H and O–H groups in total. The van der Waals surface area contributed by atoms with Gasteiger partial charge in [0, 0.05) is 25.6 Å². The fraction of sp³-hybridized carbons (Fsp3) is 0.292. The Hall–Kier alpha value is -3.86. The van der Waals surface area contributed by atoms with E-state index in [-0.39, 0.29) is 30.2 Å². The van der Waals surface area contributed by atoms with Crippen molar-refractivity contribution < 1.29 is 18.7 Å². The Bertz CT molecular complexity index is 1200. The Labute approximate surface area is 185 Å². The molecule has 0 bridgehead atoms. The number of nitrogens with zero attached hydrogens (tertiary/aromatic N) is 3. The summed E-state index contributed by atoms with van der Waals surface area (Å²) in [6, 6.07) is 9.18. The Morgan fingerprint density at radius 3 is 2.53 bits per heavy atom. The molecule has 3 rings (SSSR count). The molecule has 0 saturated carbocycles. The van der Waals surface area contributed by atoms with Crippen LogP contribution >= 0.6 is 0 Å². The van der Waals surface area contributed by atoms with Crippen LogP contribution in [0.1, 0.15) is 18.4 Å². The van der Waals surface area contributed by atoms with E-state index < -0.39 is 0 Å². The maximum Gasteiger partial charge on any atom is 0.261 e. The molecule has 0 radical (unpaired) electrons. The number of fused-ring (bicyclic) bond motifs is 1. The number of carbonyl (C=O) groups excluding carboxylic acids is 1. The second kappa shape index (κ2) is 10.4. The Morgan fingerprint density at radius 2 is 1.88 bits per heavy atom. The van der Waals surface area contributed by atoms with Crippen molar-refractivity contribution in [2.24, 2.45) is 0 Å². The first-order valence-electron chi connectivity index (χ1n) is 10.0. The van der Waals surface area contributed by atoms with Crippen molar-refractivity contribution in [3.05, 3.63) is 64.5 Å². The summed E-state index contributed by atoms with van der Waals surface area (Å²) in [6.45, 7) is 0.764. The lowest BCUT2D eigenvalue weighted by atomic mass is 10.2. The molecular formula is C24H24FN3O4. The zero-order valence-electron chi connectivity index (χ0n) is 18.0. The third kappa shape index (κ3) is 5.24. The minimum atomic E-state index is -0.339. The number of aromatic nitrogens is 2. The van der Waals surface area contributed by atoms with E-state index in [1.54, 1.807) is 24.3 Å². The van der Waals surface area contributed by atoms with Crippen molar-refractivity contribution in [3.8, 4) is 23.8 Å². The van der Waals surface area contributed by atoms with Crippen LogP contribution in [0, 0.1) is 18.2 Å². The molecule has 0 atom stereocenters. The fourth-order valence-corrected chi connectivity index (χ4v) is 3.36. The zero-order valence-corrected chi connectivity index (χ0v) is 18.0. The molecule has 0 aliphatic carbocycles. The summed E-state index contributed by atoms with van der Waals surface area (Å²) in [4.78, 5) is 31.4. The van der Waals surface area contributed by atoms with Crippen LogP contribution in [0.25, 0.3) is 10.9 Å². The number of aryl methyl sites for hydroxylation is 1. The lowest BCUT2D eigenvalue weighted by molar-refractivity contribution is -0.131. The van der Waals surface area contributed by atoms with Gasteiger partial charge in [-0.1, -0.05) is 18.1 Å². The van der Waals surface area contributed by atoms with Crippen molar-refractivity contribution >= 4 is 16.8 Å². The highest BCUT2D eigenvalue weighted by Crippen LogP contribution is 2.29. The van der Waals surface area contributed by atoms with Crippen molar-refractivity contribution in [2.45, 2.75) is 25.9 Å². The minimum absolute atomic E-state index is 0.138. The summed E-state index contributed by atoms with van der Waals surface area (Å²) in [5.41, 5.74) is 1.06. The normalized spacial score (nSPS) is 10.6. The Balaban J connectivity index is 1.68. The number of ether oxygens (including phenoxy) is 2. The van der Waals surface area contributed by atoms with E-state index in [1.165, 1.54) is 42.1 Å². The molecule has 2 aromatic carbocycles. The zero-order chi connectivity index (χ0) is 23.1. The molecule has 0 unspecified atom stereocenters. The SMILES string of the molecule is C#CCN(Cc1ccc(F)cc1)C(=O)CCCn1cnc2cc(OC)c(OC)cc2c1=O. The van der Waals surface area contributed by atoms with Crippen molar-refractivity contribution in [3.63, 3.8) is 0 Å². The molecule has 166 valence electrons. The summed E-state index contributed by atoms with van der Waals surface area (Å²) in [5.74, 6) is 2.94. The van der Waals surface area contributed by atoms with E-state index in [0.717, 1.165) is 5.56 Å². The van der Waals surface area contributed by atoms with Crippen LogP contribution in [0.5, 0.6) is 11.5 Å². The van der Waals surface area contributed by atoms with Crippen LogP contribution in [-0.4, -0.2) is 41.1 Å². The summed E-state index contributed by atoms with van der Waals surface area (Å²) in [6.07, 6.45) is 7.50. The monoisotopic (exact) mass is 437 g/mol. The van der Waals surface area contributed by atoms with Crippen LogP contribution in [-0.2, 0) is 17.9 Å². The van der Waals surface area contributed by atoms with Gasteiger partial charge in [-0.15, -0.1) is 6.42 Å². The van der Waals surface area contributed by atoms with Crippen LogP contribution < -0.4 is 15.0 Å².